The van der Waals surface area contributed by atoms with Gasteiger partial charge in [0.25, 0.3) is 11.8 Å². The van der Waals surface area contributed by atoms with E-state index in [1.54, 1.807) is 0 Å². The Morgan fingerprint density at radius 1 is 1.52 bits per heavy atom. The number of carboxylic acids is 1. The number of oxime groups is 1. The molecule has 0 saturated carbocycles. The van der Waals surface area contributed by atoms with Gasteiger partial charge in [-0.2, -0.15) is 0 Å². The number of thioether (sulfide) groups is 2. The fourth-order valence-electron chi connectivity index (χ4n) is 3.11. The summed E-state index contributed by atoms with van der Waals surface area (Å²) < 4.78 is 0. The third kappa shape index (κ3) is 5.20. The van der Waals surface area contributed by atoms with Crippen molar-refractivity contribution < 1.29 is 53.9 Å². The van der Waals surface area contributed by atoms with Gasteiger partial charge < -0.3 is 25.8 Å². The number of rotatable bonds is 8. The van der Waals surface area contributed by atoms with Gasteiger partial charge in [-0.3, -0.25) is 19.6 Å². The predicted octanol–water partition coefficient (Wildman–Crippen LogP) is -4.61. The summed E-state index contributed by atoms with van der Waals surface area (Å²) in [7, 11) is 1.27. The number of fused-ring (bicyclic) bond motifs is 1. The standard InChI is InChI=1S/C16H16N8O5S3.Na/c1-29-22-9(7-5-32-16(17)19-7)12(25)20-10-13(26)24-11(15(27)28)6(4-31-14(10)24)3-30-8-2-18-23-21-8;/h2,5,10,14H,3-4H2,1H3,(H2,17,19)(H,20,25)(H,27,28)(H,18,21,23);/q;+1/p-1/t10?,14-;/m0./s1. The van der Waals surface area contributed by atoms with E-state index in [1.807, 2.05) is 0 Å². The van der Waals surface area contributed by atoms with Crippen molar-refractivity contribution in [2.24, 2.45) is 5.16 Å². The van der Waals surface area contributed by atoms with Crippen LogP contribution in [0.4, 0.5) is 5.13 Å². The molecule has 4 rings (SSSR count). The van der Waals surface area contributed by atoms with Crippen molar-refractivity contribution in [2.75, 3.05) is 24.3 Å². The number of aromatic nitrogens is 4. The van der Waals surface area contributed by atoms with Crippen LogP contribution in [0.3, 0.4) is 0 Å². The molecule has 13 nitrogen and oxygen atoms in total. The molecule has 2 amide bonds. The summed E-state index contributed by atoms with van der Waals surface area (Å²) in [6.45, 7) is 0. The molecule has 1 fully saturated rings. The van der Waals surface area contributed by atoms with Gasteiger partial charge in [0.15, 0.2) is 10.8 Å². The molecule has 168 valence electrons. The molecular formula is C16H15N8NaO5S3. The SMILES string of the molecule is CON=C(C(=O)NC1C(=O)N2C(C(=O)[O-])=C(CSc3cnn[nH]3)CS[C@@H]12)c1csc(N)n1.[Na+]. The Balaban J connectivity index is 0.00000306. The number of anilines is 1. The van der Waals surface area contributed by atoms with Crippen LogP contribution in [0.5, 0.6) is 0 Å². The monoisotopic (exact) mass is 518 g/mol. The molecule has 33 heavy (non-hydrogen) atoms. The predicted molar refractivity (Wildman–Crippen MR) is 114 cm³/mol. The maximum atomic E-state index is 12.8. The molecule has 4 N–H and O–H groups in total. The van der Waals surface area contributed by atoms with Crippen LogP contribution in [0.25, 0.3) is 0 Å². The second-order valence-corrected chi connectivity index (χ2v) is 9.42. The van der Waals surface area contributed by atoms with Crippen molar-refractivity contribution in [1.82, 2.24) is 30.6 Å². The van der Waals surface area contributed by atoms with Crippen LogP contribution in [0.2, 0.25) is 0 Å². The summed E-state index contributed by atoms with van der Waals surface area (Å²) in [4.78, 5) is 47.2. The van der Waals surface area contributed by atoms with Gasteiger partial charge in [-0.1, -0.05) is 10.4 Å². The van der Waals surface area contributed by atoms with Crippen LogP contribution in [-0.4, -0.2) is 78.8 Å². The Kier molecular flexibility index (Phi) is 8.41. The van der Waals surface area contributed by atoms with Gasteiger partial charge in [-0.05, 0) is 5.57 Å². The number of carbonyl (C=O) groups excluding carboxylic acids is 3. The maximum Gasteiger partial charge on any atom is 1.00 e. The summed E-state index contributed by atoms with van der Waals surface area (Å²) in [6.07, 6.45) is 1.51. The minimum absolute atomic E-state index is 0. The Bertz CT molecular complexity index is 1120. The summed E-state index contributed by atoms with van der Waals surface area (Å²) in [6, 6.07) is -0.939. The van der Waals surface area contributed by atoms with E-state index in [0.717, 1.165) is 16.2 Å². The van der Waals surface area contributed by atoms with Crippen LogP contribution in [-0.2, 0) is 19.2 Å². The van der Waals surface area contributed by atoms with E-state index in [4.69, 9.17) is 10.6 Å². The zero-order valence-corrected chi connectivity index (χ0v) is 21.8. The first-order valence-corrected chi connectivity index (χ1v) is 11.8. The molecule has 0 aliphatic carbocycles. The zero-order valence-electron chi connectivity index (χ0n) is 17.3. The van der Waals surface area contributed by atoms with Gasteiger partial charge in [0.1, 0.15) is 29.2 Å². The Labute approximate surface area is 221 Å². The van der Waals surface area contributed by atoms with E-state index >= 15 is 0 Å². The molecule has 0 radical (unpaired) electrons. The number of thiazole rings is 1. The number of hydrogen-bond donors (Lipinski definition) is 3. The molecule has 1 saturated heterocycles. The number of nitrogens with zero attached hydrogens (tertiary/aromatic N) is 5. The van der Waals surface area contributed by atoms with Gasteiger partial charge in [-0.25, -0.2) is 4.98 Å². The van der Waals surface area contributed by atoms with Gasteiger partial charge in [0.05, 0.1) is 17.9 Å². The average Bonchev–Trinajstić information content (AvgIpc) is 3.45. The van der Waals surface area contributed by atoms with Crippen molar-refractivity contribution in [3.8, 4) is 0 Å². The third-order valence-electron chi connectivity index (χ3n) is 4.48. The molecule has 17 heteroatoms. The van der Waals surface area contributed by atoms with Crippen molar-refractivity contribution in [3.63, 3.8) is 0 Å². The third-order valence-corrected chi connectivity index (χ3v) is 7.50. The number of hydrogen-bond acceptors (Lipinski definition) is 13. The van der Waals surface area contributed by atoms with Gasteiger partial charge in [0.2, 0.25) is 0 Å². The zero-order chi connectivity index (χ0) is 22.8. The Morgan fingerprint density at radius 2 is 2.30 bits per heavy atom. The Hall–Kier alpha value is -2.11. The van der Waals surface area contributed by atoms with Gasteiger partial charge >= 0.3 is 29.6 Å². The summed E-state index contributed by atoms with van der Waals surface area (Å²) in [5, 5.41) is 29.9. The number of carboxylic acid groups (broad SMARTS) is 1. The van der Waals surface area contributed by atoms with E-state index in [0.29, 0.717) is 22.1 Å². The summed E-state index contributed by atoms with van der Waals surface area (Å²) in [5.74, 6) is -2.05. The van der Waals surface area contributed by atoms with E-state index < -0.39 is 29.2 Å². The van der Waals surface area contributed by atoms with Gasteiger partial charge in [0, 0.05) is 16.9 Å². The average molecular weight is 519 g/mol. The van der Waals surface area contributed by atoms with Crippen molar-refractivity contribution in [2.45, 2.75) is 16.4 Å². The summed E-state index contributed by atoms with van der Waals surface area (Å²) in [5.41, 5.74) is 6.02. The molecule has 0 aromatic carbocycles. The summed E-state index contributed by atoms with van der Waals surface area (Å²) >= 11 is 3.77. The first-order valence-electron chi connectivity index (χ1n) is 8.91. The number of nitrogens with two attached hydrogens (primary N) is 1. The first kappa shape index (κ1) is 25.5. The number of β-lactam (4-membered cyclic amide) rings is 1. The quantitative estimate of drug-likeness (QED) is 0.100. The minimum Gasteiger partial charge on any atom is -0.543 e. The fourth-order valence-corrected chi connectivity index (χ4v) is 5.93. The largest absolute Gasteiger partial charge is 1.00 e. The van der Waals surface area contributed by atoms with Crippen LogP contribution in [0.1, 0.15) is 5.69 Å². The van der Waals surface area contributed by atoms with Crippen LogP contribution < -0.4 is 45.7 Å². The number of aliphatic carboxylic acids is 1. The van der Waals surface area contributed by atoms with Crippen molar-refractivity contribution in [3.05, 3.63) is 28.5 Å². The number of amides is 2. The Morgan fingerprint density at radius 3 is 2.91 bits per heavy atom. The topological polar surface area (TPSA) is 192 Å². The van der Waals surface area contributed by atoms with E-state index in [1.165, 1.54) is 42.2 Å². The van der Waals surface area contributed by atoms with Crippen molar-refractivity contribution >= 4 is 63.5 Å². The minimum atomic E-state index is -1.45. The number of nitrogen functional groups attached to an aromatic ring is 1. The molecule has 0 bridgehead atoms. The molecule has 1 unspecified atom stereocenters. The second-order valence-electron chi connectivity index (χ2n) is 6.40. The van der Waals surface area contributed by atoms with Crippen LogP contribution >= 0.6 is 34.9 Å². The van der Waals surface area contributed by atoms with Crippen LogP contribution in [0.15, 0.2) is 33.0 Å². The van der Waals surface area contributed by atoms with Crippen molar-refractivity contribution in [1.29, 1.82) is 0 Å². The van der Waals surface area contributed by atoms with Gasteiger partial charge in [-0.15, -0.1) is 40.0 Å². The molecule has 0 spiro atoms. The van der Waals surface area contributed by atoms with E-state index in [9.17, 15) is 19.5 Å². The number of carbonyl (C=O) groups is 3. The van der Waals surface area contributed by atoms with E-state index in [2.05, 4.69) is 30.9 Å². The molecular weight excluding hydrogens is 503 g/mol. The smallest absolute Gasteiger partial charge is 0.543 e. The fraction of sp³-hybridized carbons (Fsp3) is 0.312. The molecule has 2 aromatic rings. The van der Waals surface area contributed by atoms with E-state index in [-0.39, 0.29) is 51.8 Å². The molecule has 2 aliphatic rings. The van der Waals surface area contributed by atoms with Crippen LogP contribution in [0, 0.1) is 0 Å². The molecule has 4 heterocycles. The molecule has 2 aromatic heterocycles. The number of H-pyrrole nitrogens is 1. The normalized spacial score (nSPS) is 20.0. The maximum absolute atomic E-state index is 12.8. The molecule has 2 atom stereocenters. The number of aromatic amines is 1. The molecule has 2 aliphatic heterocycles. The number of nitrogens with one attached hydrogen (secondary N) is 2. The first-order chi connectivity index (χ1) is 15.4. The second kappa shape index (κ2) is 10.9.